The van der Waals surface area contributed by atoms with E-state index in [9.17, 15) is 4.79 Å². The molecule has 4 rings (SSSR count). The molecule has 0 radical (unpaired) electrons. The van der Waals surface area contributed by atoms with Gasteiger partial charge in [-0.05, 0) is 75.0 Å². The van der Waals surface area contributed by atoms with Crippen molar-refractivity contribution in [3.8, 4) is 0 Å². The Morgan fingerprint density at radius 1 is 1.05 bits per heavy atom. The summed E-state index contributed by atoms with van der Waals surface area (Å²) in [5, 5.41) is 0. The smallest absolute Gasteiger partial charge is 0.143 e. The molecule has 0 spiro atoms. The second-order valence-corrected chi connectivity index (χ2v) is 8.41. The molecular weight excluding hydrogens is 244 g/mol. The van der Waals surface area contributed by atoms with Gasteiger partial charge in [-0.2, -0.15) is 0 Å². The summed E-state index contributed by atoms with van der Waals surface area (Å²) in [4.78, 5) is 12.7. The molecule has 0 aromatic carbocycles. The molecule has 0 heterocycles. The number of hydrogen-bond donors (Lipinski definition) is 0. The number of hydrogen-bond acceptors (Lipinski definition) is 1. The highest BCUT2D eigenvalue weighted by atomic mass is 16.1. The third-order valence-corrected chi connectivity index (χ3v) is 7.69. The largest absolute Gasteiger partial charge is 0.299 e. The number of fused-ring (bicyclic) bond motifs is 5. The van der Waals surface area contributed by atoms with Crippen LogP contribution < -0.4 is 0 Å². The molecule has 5 atom stereocenters. The van der Waals surface area contributed by atoms with Crippen molar-refractivity contribution in [2.24, 2.45) is 28.6 Å². The van der Waals surface area contributed by atoms with E-state index in [0.717, 1.165) is 24.7 Å². The van der Waals surface area contributed by atoms with Gasteiger partial charge < -0.3 is 0 Å². The lowest BCUT2D eigenvalue weighted by molar-refractivity contribution is -0.135. The Morgan fingerprint density at radius 2 is 1.90 bits per heavy atom. The monoisotopic (exact) mass is 272 g/mol. The maximum absolute atomic E-state index is 12.7. The minimum atomic E-state index is -0.0783. The number of carbonyl (C=O) groups is 1. The standard InChI is InChI=1S/C19H28O/c1-18-11-4-6-15(18)14-9-8-13-5-3-7-17(20)19(13,2)16(14)10-12-18/h8,14-16H,3-7,9-12H2,1-2H3/t14-,15-,16-,18-,19-/m0/s1. The third kappa shape index (κ3) is 1.53. The first-order valence-electron chi connectivity index (χ1n) is 8.78. The predicted octanol–water partition coefficient (Wildman–Crippen LogP) is 4.91. The Balaban J connectivity index is 1.74. The first-order chi connectivity index (χ1) is 9.56. The number of allylic oxidation sites excluding steroid dienone is 2. The van der Waals surface area contributed by atoms with Crippen LogP contribution in [0, 0.1) is 28.6 Å². The molecule has 3 saturated carbocycles. The minimum absolute atomic E-state index is 0.0783. The van der Waals surface area contributed by atoms with Crippen LogP contribution in [0.4, 0.5) is 0 Å². The molecule has 0 unspecified atom stereocenters. The number of Topliss-reactive ketones (excluding diaryl/α,β-unsaturated/α-hetero) is 1. The van der Waals surface area contributed by atoms with Gasteiger partial charge in [-0.3, -0.25) is 4.79 Å². The van der Waals surface area contributed by atoms with Crippen LogP contribution in [0.25, 0.3) is 0 Å². The Morgan fingerprint density at radius 3 is 2.75 bits per heavy atom. The fraction of sp³-hybridized carbons (Fsp3) is 0.842. The SMILES string of the molecule is C[C@@]12CCC[C@H]1[C@@H]1CC=C3CCCC(=O)[C@]3(C)[C@H]1CC2. The topological polar surface area (TPSA) is 17.1 Å². The average molecular weight is 272 g/mol. The molecule has 4 aliphatic rings. The van der Waals surface area contributed by atoms with Crippen LogP contribution in [0.1, 0.15) is 71.6 Å². The van der Waals surface area contributed by atoms with Gasteiger partial charge in [-0.1, -0.05) is 25.0 Å². The highest BCUT2D eigenvalue weighted by Crippen LogP contribution is 2.64. The number of rotatable bonds is 0. The molecule has 0 N–H and O–H groups in total. The van der Waals surface area contributed by atoms with Crippen LogP contribution in [-0.4, -0.2) is 5.78 Å². The van der Waals surface area contributed by atoms with E-state index in [-0.39, 0.29) is 5.41 Å². The number of carbonyl (C=O) groups excluding carboxylic acids is 1. The van der Waals surface area contributed by atoms with Crippen LogP contribution in [0.5, 0.6) is 0 Å². The summed E-state index contributed by atoms with van der Waals surface area (Å²) in [7, 11) is 0. The first kappa shape index (κ1) is 13.1. The molecule has 20 heavy (non-hydrogen) atoms. The maximum Gasteiger partial charge on any atom is 0.143 e. The van der Waals surface area contributed by atoms with Crippen molar-refractivity contribution in [2.75, 3.05) is 0 Å². The predicted molar refractivity (Wildman–Crippen MR) is 81.3 cm³/mol. The molecule has 0 amide bonds. The molecule has 0 aromatic rings. The van der Waals surface area contributed by atoms with Gasteiger partial charge in [0.2, 0.25) is 0 Å². The average Bonchev–Trinajstić information content (AvgIpc) is 2.82. The van der Waals surface area contributed by atoms with Crippen molar-refractivity contribution < 1.29 is 4.79 Å². The van der Waals surface area contributed by atoms with Gasteiger partial charge in [-0.15, -0.1) is 0 Å². The second kappa shape index (κ2) is 4.21. The van der Waals surface area contributed by atoms with Crippen LogP contribution >= 0.6 is 0 Å². The van der Waals surface area contributed by atoms with Crippen molar-refractivity contribution in [2.45, 2.75) is 71.6 Å². The highest BCUT2D eigenvalue weighted by Gasteiger charge is 2.57. The fourth-order valence-corrected chi connectivity index (χ4v) is 6.50. The zero-order chi connectivity index (χ0) is 14.0. The molecule has 0 aliphatic heterocycles. The summed E-state index contributed by atoms with van der Waals surface area (Å²) < 4.78 is 0. The van der Waals surface area contributed by atoms with Gasteiger partial charge in [0.25, 0.3) is 0 Å². The Hall–Kier alpha value is -0.590. The lowest BCUT2D eigenvalue weighted by Gasteiger charge is -2.55. The zero-order valence-corrected chi connectivity index (χ0v) is 13.1. The molecule has 1 nitrogen and oxygen atoms in total. The summed E-state index contributed by atoms with van der Waals surface area (Å²) in [5.41, 5.74) is 2.03. The van der Waals surface area contributed by atoms with Crippen LogP contribution in [0.15, 0.2) is 11.6 Å². The van der Waals surface area contributed by atoms with E-state index in [4.69, 9.17) is 0 Å². The second-order valence-electron chi connectivity index (χ2n) is 8.41. The van der Waals surface area contributed by atoms with E-state index >= 15 is 0 Å². The summed E-state index contributed by atoms with van der Waals surface area (Å²) in [6.45, 7) is 4.83. The van der Waals surface area contributed by atoms with Gasteiger partial charge in [0, 0.05) is 6.42 Å². The van der Waals surface area contributed by atoms with E-state index in [0.29, 0.717) is 17.1 Å². The van der Waals surface area contributed by atoms with Crippen molar-refractivity contribution >= 4 is 5.78 Å². The van der Waals surface area contributed by atoms with E-state index in [1.165, 1.54) is 50.5 Å². The van der Waals surface area contributed by atoms with Gasteiger partial charge in [-0.25, -0.2) is 0 Å². The van der Waals surface area contributed by atoms with Crippen LogP contribution in [0.2, 0.25) is 0 Å². The highest BCUT2D eigenvalue weighted by molar-refractivity contribution is 5.89. The van der Waals surface area contributed by atoms with Gasteiger partial charge in [0.05, 0.1) is 5.41 Å². The van der Waals surface area contributed by atoms with E-state index in [2.05, 4.69) is 19.9 Å². The fourth-order valence-electron chi connectivity index (χ4n) is 6.50. The van der Waals surface area contributed by atoms with E-state index in [1.807, 2.05) is 0 Å². The Labute approximate surface area is 123 Å². The lowest BCUT2D eigenvalue weighted by Crippen LogP contribution is -2.51. The molecule has 1 heteroatoms. The van der Waals surface area contributed by atoms with E-state index in [1.54, 1.807) is 0 Å². The van der Waals surface area contributed by atoms with Gasteiger partial charge in [0.15, 0.2) is 0 Å². The molecule has 0 aromatic heterocycles. The summed E-state index contributed by atoms with van der Waals surface area (Å²) >= 11 is 0. The van der Waals surface area contributed by atoms with Gasteiger partial charge in [0.1, 0.15) is 5.78 Å². The molecule has 4 aliphatic carbocycles. The summed E-state index contributed by atoms with van der Waals surface area (Å²) in [6, 6.07) is 0. The quantitative estimate of drug-likeness (QED) is 0.573. The molecule has 0 bridgehead atoms. The Bertz CT molecular complexity index is 476. The van der Waals surface area contributed by atoms with Crippen molar-refractivity contribution in [3.63, 3.8) is 0 Å². The minimum Gasteiger partial charge on any atom is -0.299 e. The zero-order valence-electron chi connectivity index (χ0n) is 13.1. The van der Waals surface area contributed by atoms with Gasteiger partial charge >= 0.3 is 0 Å². The summed E-state index contributed by atoms with van der Waals surface area (Å²) in [5.74, 6) is 2.91. The van der Waals surface area contributed by atoms with Crippen LogP contribution in [-0.2, 0) is 4.79 Å². The van der Waals surface area contributed by atoms with Crippen LogP contribution in [0.3, 0.4) is 0 Å². The van der Waals surface area contributed by atoms with E-state index < -0.39 is 0 Å². The maximum atomic E-state index is 12.7. The summed E-state index contributed by atoms with van der Waals surface area (Å²) in [6.07, 6.45) is 13.8. The molecule has 0 saturated heterocycles. The molecule has 3 fully saturated rings. The lowest BCUT2D eigenvalue weighted by atomic mass is 9.48. The van der Waals surface area contributed by atoms with Crippen molar-refractivity contribution in [1.82, 2.24) is 0 Å². The van der Waals surface area contributed by atoms with Crippen molar-refractivity contribution in [3.05, 3.63) is 11.6 Å². The Kier molecular flexibility index (Phi) is 2.76. The normalized spacial score (nSPS) is 51.0. The third-order valence-electron chi connectivity index (χ3n) is 7.69. The number of ketones is 1. The van der Waals surface area contributed by atoms with Crippen molar-refractivity contribution in [1.29, 1.82) is 0 Å². The first-order valence-corrected chi connectivity index (χ1v) is 8.78. The molecular formula is C19H28O. The molecule has 110 valence electrons.